The van der Waals surface area contributed by atoms with Gasteiger partial charge in [-0.1, -0.05) is 12.2 Å². The molecule has 0 saturated carbocycles. The quantitative estimate of drug-likeness (QED) is 0.582. The predicted molar refractivity (Wildman–Crippen MR) is 52.3 cm³/mol. The van der Waals surface area contributed by atoms with Crippen LogP contribution in [-0.2, 0) is 0 Å². The molecule has 0 saturated heterocycles. The number of rotatable bonds is 4. The SMILES string of the molecule is NCCC=Cc1ccnc(F)c1C=O. The summed E-state index contributed by atoms with van der Waals surface area (Å²) < 4.78 is 13.0. The first-order chi connectivity index (χ1) is 6.79. The number of aldehydes is 1. The number of carbonyl (C=O) groups is 1. The van der Waals surface area contributed by atoms with Gasteiger partial charge in [-0.15, -0.1) is 0 Å². The Bertz CT molecular complexity index is 350. The molecule has 0 aliphatic carbocycles. The van der Waals surface area contributed by atoms with E-state index in [2.05, 4.69) is 4.98 Å². The lowest BCUT2D eigenvalue weighted by Gasteiger charge is -1.98. The van der Waals surface area contributed by atoms with Gasteiger partial charge in [0, 0.05) is 6.20 Å². The number of hydrogen-bond donors (Lipinski definition) is 1. The molecule has 1 aromatic heterocycles. The van der Waals surface area contributed by atoms with Crippen LogP contribution in [0.4, 0.5) is 4.39 Å². The van der Waals surface area contributed by atoms with Gasteiger partial charge in [-0.05, 0) is 24.6 Å². The molecule has 4 heteroatoms. The van der Waals surface area contributed by atoms with E-state index in [0.717, 1.165) is 0 Å². The number of carbonyl (C=O) groups excluding carboxylic acids is 1. The molecule has 0 atom stereocenters. The highest BCUT2D eigenvalue weighted by Crippen LogP contribution is 2.10. The average Bonchev–Trinajstić information content (AvgIpc) is 2.18. The molecule has 1 rings (SSSR count). The molecule has 0 fully saturated rings. The van der Waals surface area contributed by atoms with E-state index >= 15 is 0 Å². The molecule has 1 aromatic rings. The first-order valence-corrected chi connectivity index (χ1v) is 4.26. The summed E-state index contributed by atoms with van der Waals surface area (Å²) in [6, 6.07) is 1.58. The highest BCUT2D eigenvalue weighted by Gasteiger charge is 2.05. The molecule has 0 bridgehead atoms. The van der Waals surface area contributed by atoms with E-state index in [1.54, 1.807) is 18.2 Å². The summed E-state index contributed by atoms with van der Waals surface area (Å²) in [7, 11) is 0. The lowest BCUT2D eigenvalue weighted by atomic mass is 10.1. The van der Waals surface area contributed by atoms with Gasteiger partial charge in [-0.2, -0.15) is 4.39 Å². The van der Waals surface area contributed by atoms with E-state index in [9.17, 15) is 9.18 Å². The zero-order valence-electron chi connectivity index (χ0n) is 7.61. The van der Waals surface area contributed by atoms with Crippen molar-refractivity contribution >= 4 is 12.4 Å². The molecule has 0 amide bonds. The van der Waals surface area contributed by atoms with Gasteiger partial charge >= 0.3 is 0 Å². The predicted octanol–water partition coefficient (Wildman–Crippen LogP) is 1.40. The number of nitrogens with zero attached hydrogens (tertiary/aromatic N) is 1. The standard InChI is InChI=1S/C10H11FN2O/c11-10-9(7-14)8(4-6-13-10)3-1-2-5-12/h1,3-4,6-7H,2,5,12H2. The fourth-order valence-electron chi connectivity index (χ4n) is 1.03. The maximum Gasteiger partial charge on any atom is 0.224 e. The van der Waals surface area contributed by atoms with Gasteiger partial charge in [-0.3, -0.25) is 4.79 Å². The van der Waals surface area contributed by atoms with E-state index in [1.807, 2.05) is 0 Å². The monoisotopic (exact) mass is 194 g/mol. The van der Waals surface area contributed by atoms with Gasteiger partial charge < -0.3 is 5.73 Å². The number of nitrogens with two attached hydrogens (primary N) is 1. The Kier molecular flexibility index (Phi) is 3.94. The van der Waals surface area contributed by atoms with Crippen LogP contribution in [0.1, 0.15) is 22.3 Å². The normalized spacial score (nSPS) is 10.7. The minimum Gasteiger partial charge on any atom is -0.330 e. The highest BCUT2D eigenvalue weighted by molar-refractivity contribution is 5.81. The van der Waals surface area contributed by atoms with Gasteiger partial charge in [0.05, 0.1) is 5.56 Å². The number of aromatic nitrogens is 1. The lowest BCUT2D eigenvalue weighted by molar-refractivity contribution is 0.111. The summed E-state index contributed by atoms with van der Waals surface area (Å²) in [6.07, 6.45) is 5.94. The molecule has 1 heterocycles. The van der Waals surface area contributed by atoms with Crippen LogP contribution >= 0.6 is 0 Å². The van der Waals surface area contributed by atoms with Crippen molar-refractivity contribution in [2.75, 3.05) is 6.54 Å². The molecule has 74 valence electrons. The number of pyridine rings is 1. The van der Waals surface area contributed by atoms with Crippen molar-refractivity contribution in [3.05, 3.63) is 35.4 Å². The van der Waals surface area contributed by atoms with Gasteiger partial charge in [0.1, 0.15) is 0 Å². The van der Waals surface area contributed by atoms with Crippen molar-refractivity contribution in [3.8, 4) is 0 Å². The van der Waals surface area contributed by atoms with Crippen LogP contribution in [0.3, 0.4) is 0 Å². The summed E-state index contributed by atoms with van der Waals surface area (Å²) >= 11 is 0. The molecule has 0 aliphatic heterocycles. The second-order valence-corrected chi connectivity index (χ2v) is 2.70. The third kappa shape index (κ3) is 2.47. The summed E-state index contributed by atoms with van der Waals surface area (Å²) in [5, 5.41) is 0. The Balaban J connectivity index is 2.96. The van der Waals surface area contributed by atoms with Crippen LogP contribution in [-0.4, -0.2) is 17.8 Å². The van der Waals surface area contributed by atoms with E-state index in [-0.39, 0.29) is 5.56 Å². The molecular formula is C10H11FN2O. The van der Waals surface area contributed by atoms with Gasteiger partial charge in [0.25, 0.3) is 0 Å². The Morgan fingerprint density at radius 1 is 1.57 bits per heavy atom. The fraction of sp³-hybridized carbons (Fsp3) is 0.200. The van der Waals surface area contributed by atoms with E-state index in [1.165, 1.54) is 6.20 Å². The number of hydrogen-bond acceptors (Lipinski definition) is 3. The maximum absolute atomic E-state index is 13.0. The molecule has 14 heavy (non-hydrogen) atoms. The minimum atomic E-state index is -0.741. The smallest absolute Gasteiger partial charge is 0.224 e. The van der Waals surface area contributed by atoms with Crippen LogP contribution in [0.5, 0.6) is 0 Å². The van der Waals surface area contributed by atoms with Crippen molar-refractivity contribution in [2.45, 2.75) is 6.42 Å². The molecule has 0 aliphatic rings. The molecule has 0 unspecified atom stereocenters. The maximum atomic E-state index is 13.0. The van der Waals surface area contributed by atoms with Gasteiger partial charge in [0.2, 0.25) is 5.95 Å². The largest absolute Gasteiger partial charge is 0.330 e. The molecule has 0 aromatic carbocycles. The van der Waals surface area contributed by atoms with Gasteiger partial charge in [-0.25, -0.2) is 4.98 Å². The highest BCUT2D eigenvalue weighted by atomic mass is 19.1. The summed E-state index contributed by atoms with van der Waals surface area (Å²) in [5.41, 5.74) is 5.80. The van der Waals surface area contributed by atoms with Gasteiger partial charge in [0.15, 0.2) is 6.29 Å². The Hall–Kier alpha value is -1.55. The molecule has 3 nitrogen and oxygen atoms in total. The third-order valence-electron chi connectivity index (χ3n) is 1.72. The van der Waals surface area contributed by atoms with Crippen molar-refractivity contribution in [1.29, 1.82) is 0 Å². The van der Waals surface area contributed by atoms with Crippen LogP contribution in [0.2, 0.25) is 0 Å². The van der Waals surface area contributed by atoms with E-state index < -0.39 is 5.95 Å². The second-order valence-electron chi connectivity index (χ2n) is 2.70. The lowest BCUT2D eigenvalue weighted by Crippen LogP contribution is -1.96. The van der Waals surface area contributed by atoms with Crippen molar-refractivity contribution < 1.29 is 9.18 Å². The van der Waals surface area contributed by atoms with E-state index in [4.69, 9.17) is 5.73 Å². The topological polar surface area (TPSA) is 56.0 Å². The molecular weight excluding hydrogens is 183 g/mol. The van der Waals surface area contributed by atoms with Crippen LogP contribution in [0.25, 0.3) is 6.08 Å². The van der Waals surface area contributed by atoms with Crippen molar-refractivity contribution in [2.24, 2.45) is 5.73 Å². The Labute approximate surface area is 81.5 Å². The first-order valence-electron chi connectivity index (χ1n) is 4.26. The molecule has 0 radical (unpaired) electrons. The molecule has 0 spiro atoms. The summed E-state index contributed by atoms with van der Waals surface area (Å²) in [6.45, 7) is 0.528. The zero-order valence-corrected chi connectivity index (χ0v) is 7.61. The minimum absolute atomic E-state index is 0.0132. The van der Waals surface area contributed by atoms with E-state index in [0.29, 0.717) is 24.8 Å². The Morgan fingerprint density at radius 2 is 2.36 bits per heavy atom. The third-order valence-corrected chi connectivity index (χ3v) is 1.72. The van der Waals surface area contributed by atoms with Crippen molar-refractivity contribution in [1.82, 2.24) is 4.98 Å². The fourth-order valence-corrected chi connectivity index (χ4v) is 1.03. The summed E-state index contributed by atoms with van der Waals surface area (Å²) in [4.78, 5) is 13.9. The molecule has 2 N–H and O–H groups in total. The zero-order chi connectivity index (χ0) is 10.4. The Morgan fingerprint density at radius 3 is 3.00 bits per heavy atom. The first kappa shape index (κ1) is 10.5. The number of halogens is 1. The van der Waals surface area contributed by atoms with Crippen LogP contribution in [0.15, 0.2) is 18.3 Å². The van der Waals surface area contributed by atoms with Crippen LogP contribution < -0.4 is 5.73 Å². The second kappa shape index (κ2) is 5.24. The average molecular weight is 194 g/mol. The summed E-state index contributed by atoms with van der Waals surface area (Å²) in [5.74, 6) is -0.741. The van der Waals surface area contributed by atoms with Crippen LogP contribution in [0, 0.1) is 5.95 Å². The van der Waals surface area contributed by atoms with Crippen molar-refractivity contribution in [3.63, 3.8) is 0 Å².